The fraction of sp³-hybridized carbons (Fsp3) is 0.278. The van der Waals surface area contributed by atoms with Crippen molar-refractivity contribution in [1.82, 2.24) is 10.0 Å². The number of carbonyl (C=O) groups excluding carboxylic acids is 1. The van der Waals surface area contributed by atoms with Gasteiger partial charge in [0.25, 0.3) is 0 Å². The van der Waals surface area contributed by atoms with Crippen molar-refractivity contribution in [2.75, 3.05) is 6.54 Å². The highest BCUT2D eigenvalue weighted by Gasteiger charge is 2.23. The summed E-state index contributed by atoms with van der Waals surface area (Å²) in [6, 6.07) is 14.5. The van der Waals surface area contributed by atoms with Gasteiger partial charge in [0.1, 0.15) is 0 Å². The average Bonchev–Trinajstić information content (AvgIpc) is 2.98. The molecular weight excluding hydrogens is 404 g/mol. The number of aryl methyl sites for hydroxylation is 1. The molecule has 0 aromatic heterocycles. The van der Waals surface area contributed by atoms with Gasteiger partial charge in [-0.3, -0.25) is 4.79 Å². The van der Waals surface area contributed by atoms with Crippen molar-refractivity contribution in [3.8, 4) is 0 Å². The zero-order chi connectivity index (χ0) is 17.9. The monoisotopic (exact) mass is 422 g/mol. The molecule has 132 valence electrons. The van der Waals surface area contributed by atoms with Crippen LogP contribution in [0.1, 0.15) is 30.0 Å². The maximum Gasteiger partial charge on any atom is 0.240 e. The smallest absolute Gasteiger partial charge is 0.240 e. The van der Waals surface area contributed by atoms with Crippen molar-refractivity contribution in [1.29, 1.82) is 0 Å². The van der Waals surface area contributed by atoms with Crippen molar-refractivity contribution in [3.63, 3.8) is 0 Å². The Morgan fingerprint density at radius 2 is 1.84 bits per heavy atom. The highest BCUT2D eigenvalue weighted by Crippen LogP contribution is 2.30. The first-order valence-corrected chi connectivity index (χ1v) is 10.4. The molecule has 0 fully saturated rings. The zero-order valence-corrected chi connectivity index (χ0v) is 15.9. The number of hydrogen-bond donors (Lipinski definition) is 2. The number of hydrogen-bond acceptors (Lipinski definition) is 3. The van der Waals surface area contributed by atoms with E-state index in [1.807, 2.05) is 18.2 Å². The van der Waals surface area contributed by atoms with E-state index in [1.165, 1.54) is 17.7 Å². The number of nitrogens with one attached hydrogen (secondary N) is 2. The molecule has 1 aliphatic rings. The third-order valence-corrected chi connectivity index (χ3v) is 6.24. The Hall–Kier alpha value is -1.70. The Balaban J connectivity index is 1.51. The fourth-order valence-electron chi connectivity index (χ4n) is 2.97. The molecule has 0 radical (unpaired) electrons. The molecule has 2 aromatic rings. The van der Waals surface area contributed by atoms with Crippen LogP contribution < -0.4 is 10.0 Å². The maximum absolute atomic E-state index is 12.2. The van der Waals surface area contributed by atoms with E-state index in [-0.39, 0.29) is 29.8 Å². The van der Waals surface area contributed by atoms with E-state index in [9.17, 15) is 13.2 Å². The SMILES string of the molecule is O=C(CCNS(=O)(=O)c1ccc(Br)cc1)N[C@@H]1CCc2ccccc21. The van der Waals surface area contributed by atoms with Crippen LogP contribution >= 0.6 is 15.9 Å². The van der Waals surface area contributed by atoms with E-state index >= 15 is 0 Å². The molecule has 0 aliphatic heterocycles. The Labute approximate surface area is 156 Å². The molecule has 0 saturated heterocycles. The van der Waals surface area contributed by atoms with Crippen molar-refractivity contribution in [2.45, 2.75) is 30.2 Å². The summed E-state index contributed by atoms with van der Waals surface area (Å²) >= 11 is 3.27. The van der Waals surface area contributed by atoms with Crippen molar-refractivity contribution < 1.29 is 13.2 Å². The molecule has 0 heterocycles. The highest BCUT2D eigenvalue weighted by atomic mass is 79.9. The topological polar surface area (TPSA) is 75.3 Å². The van der Waals surface area contributed by atoms with Gasteiger partial charge in [-0.1, -0.05) is 40.2 Å². The molecule has 1 amide bonds. The minimum Gasteiger partial charge on any atom is -0.349 e. The van der Waals surface area contributed by atoms with Crippen LogP contribution in [-0.4, -0.2) is 20.9 Å². The molecule has 0 saturated carbocycles. The van der Waals surface area contributed by atoms with Crippen molar-refractivity contribution in [2.24, 2.45) is 0 Å². The summed E-state index contributed by atoms with van der Waals surface area (Å²) in [7, 11) is -3.60. The predicted octanol–water partition coefficient (Wildman–Crippen LogP) is 2.92. The third-order valence-electron chi connectivity index (χ3n) is 4.24. The Morgan fingerprint density at radius 1 is 1.12 bits per heavy atom. The Kier molecular flexibility index (Phi) is 5.56. The summed E-state index contributed by atoms with van der Waals surface area (Å²) in [5.74, 6) is -0.153. The Bertz CT molecular complexity index is 866. The van der Waals surface area contributed by atoms with Gasteiger partial charge in [-0.15, -0.1) is 0 Å². The van der Waals surface area contributed by atoms with Gasteiger partial charge >= 0.3 is 0 Å². The quantitative estimate of drug-likeness (QED) is 0.751. The first kappa shape index (κ1) is 18.1. The van der Waals surface area contributed by atoms with Gasteiger partial charge < -0.3 is 5.32 Å². The largest absolute Gasteiger partial charge is 0.349 e. The van der Waals surface area contributed by atoms with E-state index in [0.29, 0.717) is 0 Å². The summed E-state index contributed by atoms with van der Waals surface area (Å²) in [6.07, 6.45) is 1.95. The van der Waals surface area contributed by atoms with Gasteiger partial charge in [-0.25, -0.2) is 13.1 Å². The normalized spacial score (nSPS) is 16.4. The van der Waals surface area contributed by atoms with Crippen molar-refractivity contribution in [3.05, 3.63) is 64.1 Å². The van der Waals surface area contributed by atoms with Gasteiger partial charge in [0, 0.05) is 17.4 Å². The molecule has 7 heteroatoms. The molecule has 3 rings (SSSR count). The summed E-state index contributed by atoms with van der Waals surface area (Å²) in [6.45, 7) is 0.0681. The predicted molar refractivity (Wildman–Crippen MR) is 99.6 cm³/mol. The second-order valence-electron chi connectivity index (χ2n) is 5.96. The van der Waals surface area contributed by atoms with Gasteiger partial charge in [0.2, 0.25) is 15.9 Å². The fourth-order valence-corrected chi connectivity index (χ4v) is 4.27. The number of sulfonamides is 1. The lowest BCUT2D eigenvalue weighted by atomic mass is 10.1. The first-order valence-electron chi connectivity index (χ1n) is 8.08. The molecule has 0 spiro atoms. The lowest BCUT2D eigenvalue weighted by Gasteiger charge is -2.14. The second kappa shape index (κ2) is 7.68. The van der Waals surface area contributed by atoms with E-state index in [4.69, 9.17) is 0 Å². The number of rotatable bonds is 6. The molecule has 2 aromatic carbocycles. The van der Waals surface area contributed by atoms with Gasteiger partial charge in [0.05, 0.1) is 10.9 Å². The van der Waals surface area contributed by atoms with E-state index in [1.54, 1.807) is 12.1 Å². The molecule has 0 bridgehead atoms. The summed E-state index contributed by atoms with van der Waals surface area (Å²) in [5.41, 5.74) is 2.43. The number of amides is 1. The molecule has 25 heavy (non-hydrogen) atoms. The van der Waals surface area contributed by atoms with Crippen LogP contribution in [0.15, 0.2) is 57.9 Å². The number of halogens is 1. The van der Waals surface area contributed by atoms with Crippen LogP contribution in [0.2, 0.25) is 0 Å². The lowest BCUT2D eigenvalue weighted by Crippen LogP contribution is -2.32. The van der Waals surface area contributed by atoms with Crippen LogP contribution in [-0.2, 0) is 21.2 Å². The summed E-state index contributed by atoms with van der Waals surface area (Å²) in [5, 5.41) is 2.99. The first-order chi connectivity index (χ1) is 12.0. The molecule has 1 aliphatic carbocycles. The maximum atomic E-state index is 12.2. The number of benzene rings is 2. The molecule has 0 unspecified atom stereocenters. The summed E-state index contributed by atoms with van der Waals surface area (Å²) < 4.78 is 27.6. The van der Waals surface area contributed by atoms with Crippen LogP contribution in [0.5, 0.6) is 0 Å². The van der Waals surface area contributed by atoms with E-state index in [0.717, 1.165) is 22.9 Å². The third kappa shape index (κ3) is 4.48. The molecule has 5 nitrogen and oxygen atoms in total. The molecule has 1 atom stereocenters. The Morgan fingerprint density at radius 3 is 2.60 bits per heavy atom. The van der Waals surface area contributed by atoms with Gasteiger partial charge in [0.15, 0.2) is 0 Å². The molecular formula is C18H19BrN2O3S. The van der Waals surface area contributed by atoms with Crippen LogP contribution in [0, 0.1) is 0 Å². The van der Waals surface area contributed by atoms with E-state index in [2.05, 4.69) is 32.0 Å². The van der Waals surface area contributed by atoms with Crippen LogP contribution in [0.4, 0.5) is 0 Å². The lowest BCUT2D eigenvalue weighted by molar-refractivity contribution is -0.121. The minimum atomic E-state index is -3.60. The standard InChI is InChI=1S/C18H19BrN2O3S/c19-14-6-8-15(9-7-14)25(23,24)20-12-11-18(22)21-17-10-5-13-3-1-2-4-16(13)17/h1-4,6-9,17,20H,5,10-12H2,(H,21,22)/t17-/m1/s1. The van der Waals surface area contributed by atoms with Crippen LogP contribution in [0.25, 0.3) is 0 Å². The van der Waals surface area contributed by atoms with E-state index < -0.39 is 10.0 Å². The zero-order valence-electron chi connectivity index (χ0n) is 13.5. The summed E-state index contributed by atoms with van der Waals surface area (Å²) in [4.78, 5) is 12.3. The number of fused-ring (bicyclic) bond motifs is 1. The highest BCUT2D eigenvalue weighted by molar-refractivity contribution is 9.10. The molecule has 2 N–H and O–H groups in total. The average molecular weight is 423 g/mol. The number of carbonyl (C=O) groups is 1. The van der Waals surface area contributed by atoms with Crippen molar-refractivity contribution >= 4 is 31.9 Å². The van der Waals surface area contributed by atoms with Gasteiger partial charge in [-0.2, -0.15) is 0 Å². The van der Waals surface area contributed by atoms with Gasteiger partial charge in [-0.05, 0) is 48.2 Å². The second-order valence-corrected chi connectivity index (χ2v) is 8.64. The van der Waals surface area contributed by atoms with Crippen LogP contribution in [0.3, 0.4) is 0 Å². The minimum absolute atomic E-state index is 0.0202.